The van der Waals surface area contributed by atoms with Gasteiger partial charge in [0.15, 0.2) is 6.61 Å². The Morgan fingerprint density at radius 3 is 2.90 bits per heavy atom. The van der Waals surface area contributed by atoms with Crippen LogP contribution >= 0.6 is 22.7 Å². The molecule has 0 unspecified atom stereocenters. The van der Waals surface area contributed by atoms with Gasteiger partial charge in [-0.1, -0.05) is 5.16 Å². The number of rotatable bonds is 5. The van der Waals surface area contributed by atoms with E-state index in [1.807, 2.05) is 16.8 Å². The van der Waals surface area contributed by atoms with Crippen molar-refractivity contribution in [3.05, 3.63) is 39.4 Å². The lowest BCUT2D eigenvalue weighted by molar-refractivity contribution is -0.150. The van der Waals surface area contributed by atoms with E-state index < -0.39 is 0 Å². The highest BCUT2D eigenvalue weighted by atomic mass is 32.1. The molecule has 1 fully saturated rings. The summed E-state index contributed by atoms with van der Waals surface area (Å²) in [5.41, 5.74) is 2.11. The Morgan fingerprint density at radius 2 is 2.13 bits per heavy atom. The second-order valence-electron chi connectivity index (χ2n) is 7.56. The third-order valence-electron chi connectivity index (χ3n) is 5.65. The van der Waals surface area contributed by atoms with Crippen molar-refractivity contribution < 1.29 is 14.1 Å². The van der Waals surface area contributed by atoms with Crippen LogP contribution in [0.15, 0.2) is 27.7 Å². The maximum atomic E-state index is 12.6. The number of piperidine rings is 1. The molecule has 4 aromatic heterocycles. The van der Waals surface area contributed by atoms with Crippen molar-refractivity contribution in [3.8, 4) is 11.5 Å². The number of ether oxygens (including phenoxy) is 1. The molecule has 1 saturated heterocycles. The first-order chi connectivity index (χ1) is 15.1. The monoisotopic (exact) mass is 455 g/mol. The van der Waals surface area contributed by atoms with Crippen molar-refractivity contribution in [1.29, 1.82) is 0 Å². The standard InChI is InChI=1S/C21H21N5O3S2/c1-12-13(2)31-20-17(12)18(22-11-23-20)26-6-3-14(4-7-26)21(27)28-9-16-24-19(29-25-16)15-5-8-30-10-15/h5,8,10-11,14H,3-4,6-7,9H2,1-2H3. The Bertz CT molecular complexity index is 1210. The molecule has 0 atom stereocenters. The third-order valence-corrected chi connectivity index (χ3v) is 7.45. The van der Waals surface area contributed by atoms with E-state index in [2.05, 4.69) is 38.9 Å². The highest BCUT2D eigenvalue weighted by Gasteiger charge is 2.28. The summed E-state index contributed by atoms with van der Waals surface area (Å²) in [5.74, 6) is 1.43. The topological polar surface area (TPSA) is 94.2 Å². The van der Waals surface area contributed by atoms with E-state index in [-0.39, 0.29) is 18.5 Å². The largest absolute Gasteiger partial charge is 0.457 e. The molecule has 10 heteroatoms. The van der Waals surface area contributed by atoms with E-state index in [9.17, 15) is 4.79 Å². The summed E-state index contributed by atoms with van der Waals surface area (Å²) in [6, 6.07) is 1.91. The van der Waals surface area contributed by atoms with Gasteiger partial charge in [-0.2, -0.15) is 16.3 Å². The minimum atomic E-state index is -0.211. The number of fused-ring (bicyclic) bond motifs is 1. The summed E-state index contributed by atoms with van der Waals surface area (Å²) in [7, 11) is 0. The zero-order valence-electron chi connectivity index (χ0n) is 17.2. The van der Waals surface area contributed by atoms with Crippen LogP contribution in [0.4, 0.5) is 5.82 Å². The lowest BCUT2D eigenvalue weighted by Crippen LogP contribution is -2.37. The Hall–Kier alpha value is -2.85. The second kappa shape index (κ2) is 8.35. The lowest BCUT2D eigenvalue weighted by Gasteiger charge is -2.32. The average molecular weight is 456 g/mol. The van der Waals surface area contributed by atoms with Crippen LogP contribution in [0, 0.1) is 19.8 Å². The van der Waals surface area contributed by atoms with Gasteiger partial charge in [0.1, 0.15) is 17.0 Å². The molecule has 0 spiro atoms. The molecular formula is C21H21N5O3S2. The number of anilines is 1. The van der Waals surface area contributed by atoms with Gasteiger partial charge in [0.05, 0.1) is 16.9 Å². The molecule has 0 saturated carbocycles. The Balaban J connectivity index is 1.19. The molecule has 160 valence electrons. The van der Waals surface area contributed by atoms with Gasteiger partial charge in [-0.05, 0) is 43.7 Å². The number of aryl methyl sites for hydroxylation is 2. The van der Waals surface area contributed by atoms with Crippen molar-refractivity contribution in [2.24, 2.45) is 5.92 Å². The van der Waals surface area contributed by atoms with Crippen LogP contribution in [0.3, 0.4) is 0 Å². The summed E-state index contributed by atoms with van der Waals surface area (Å²) in [4.78, 5) is 30.4. The molecule has 0 N–H and O–H groups in total. The molecule has 1 aliphatic heterocycles. The molecule has 0 aromatic carbocycles. The molecule has 1 aliphatic rings. The van der Waals surface area contributed by atoms with E-state index in [4.69, 9.17) is 9.26 Å². The summed E-state index contributed by atoms with van der Waals surface area (Å²) >= 11 is 3.25. The SMILES string of the molecule is Cc1sc2ncnc(N3CCC(C(=O)OCc4noc(-c5ccsc5)n4)CC3)c2c1C. The highest BCUT2D eigenvalue weighted by molar-refractivity contribution is 7.18. The number of aromatic nitrogens is 4. The third kappa shape index (κ3) is 3.92. The number of carbonyl (C=O) groups is 1. The van der Waals surface area contributed by atoms with Crippen molar-refractivity contribution in [2.45, 2.75) is 33.3 Å². The van der Waals surface area contributed by atoms with Crippen LogP contribution in [-0.4, -0.2) is 39.2 Å². The summed E-state index contributed by atoms with van der Waals surface area (Å²) < 4.78 is 10.7. The van der Waals surface area contributed by atoms with Crippen LogP contribution in [0.1, 0.15) is 29.1 Å². The van der Waals surface area contributed by atoms with Crippen LogP contribution in [0.2, 0.25) is 0 Å². The zero-order valence-corrected chi connectivity index (χ0v) is 18.8. The van der Waals surface area contributed by atoms with Gasteiger partial charge in [-0.15, -0.1) is 11.3 Å². The van der Waals surface area contributed by atoms with Gasteiger partial charge in [0, 0.05) is 23.3 Å². The summed E-state index contributed by atoms with van der Waals surface area (Å²) in [5, 5.41) is 8.90. The van der Waals surface area contributed by atoms with Crippen LogP contribution in [0.25, 0.3) is 21.7 Å². The van der Waals surface area contributed by atoms with E-state index in [1.54, 1.807) is 29.0 Å². The normalized spacial score (nSPS) is 15.0. The number of hydrogen-bond donors (Lipinski definition) is 0. The molecule has 4 aromatic rings. The molecule has 0 aliphatic carbocycles. The predicted molar refractivity (Wildman–Crippen MR) is 119 cm³/mol. The number of nitrogens with zero attached hydrogens (tertiary/aromatic N) is 5. The molecular weight excluding hydrogens is 434 g/mol. The van der Waals surface area contributed by atoms with E-state index in [1.165, 1.54) is 10.4 Å². The van der Waals surface area contributed by atoms with Crippen LogP contribution in [-0.2, 0) is 16.1 Å². The lowest BCUT2D eigenvalue weighted by atomic mass is 9.97. The number of carbonyl (C=O) groups excluding carboxylic acids is 1. The van der Waals surface area contributed by atoms with Crippen LogP contribution < -0.4 is 4.90 Å². The molecule has 0 amide bonds. The highest BCUT2D eigenvalue weighted by Crippen LogP contribution is 2.35. The molecule has 0 radical (unpaired) electrons. The van der Waals surface area contributed by atoms with Gasteiger partial charge in [-0.3, -0.25) is 4.79 Å². The Kier molecular flexibility index (Phi) is 5.41. The zero-order chi connectivity index (χ0) is 21.4. The fourth-order valence-corrected chi connectivity index (χ4v) is 5.42. The fraction of sp³-hybridized carbons (Fsp3) is 0.381. The minimum absolute atomic E-state index is 0.0204. The van der Waals surface area contributed by atoms with Gasteiger partial charge in [-0.25, -0.2) is 9.97 Å². The number of esters is 1. The van der Waals surface area contributed by atoms with Crippen molar-refractivity contribution in [2.75, 3.05) is 18.0 Å². The first kappa shape index (κ1) is 20.1. The maximum Gasteiger partial charge on any atom is 0.309 e. The molecule has 5 rings (SSSR count). The molecule has 0 bridgehead atoms. The average Bonchev–Trinajstić information content (AvgIpc) is 3.53. The Morgan fingerprint density at radius 1 is 1.29 bits per heavy atom. The molecule has 8 nitrogen and oxygen atoms in total. The predicted octanol–water partition coefficient (Wildman–Crippen LogP) is 4.38. The fourth-order valence-electron chi connectivity index (χ4n) is 3.80. The molecule has 5 heterocycles. The first-order valence-corrected chi connectivity index (χ1v) is 11.8. The van der Waals surface area contributed by atoms with Crippen molar-refractivity contribution >= 4 is 44.7 Å². The first-order valence-electron chi connectivity index (χ1n) is 10.1. The summed E-state index contributed by atoms with van der Waals surface area (Å²) in [6.45, 7) is 5.76. The maximum absolute atomic E-state index is 12.6. The number of hydrogen-bond acceptors (Lipinski definition) is 10. The Labute approximate surface area is 186 Å². The quantitative estimate of drug-likeness (QED) is 0.409. The smallest absolute Gasteiger partial charge is 0.309 e. The van der Waals surface area contributed by atoms with Gasteiger partial charge in [0.25, 0.3) is 5.89 Å². The number of thiophene rings is 2. The van der Waals surface area contributed by atoms with Gasteiger partial charge >= 0.3 is 5.97 Å². The van der Waals surface area contributed by atoms with Crippen molar-refractivity contribution in [1.82, 2.24) is 20.1 Å². The van der Waals surface area contributed by atoms with Crippen molar-refractivity contribution in [3.63, 3.8) is 0 Å². The van der Waals surface area contributed by atoms with Crippen LogP contribution in [0.5, 0.6) is 0 Å². The minimum Gasteiger partial charge on any atom is -0.457 e. The van der Waals surface area contributed by atoms with Gasteiger partial charge < -0.3 is 14.2 Å². The van der Waals surface area contributed by atoms with Gasteiger partial charge in [0.2, 0.25) is 5.82 Å². The van der Waals surface area contributed by atoms with E-state index >= 15 is 0 Å². The van der Waals surface area contributed by atoms with E-state index in [0.717, 1.165) is 47.5 Å². The van der Waals surface area contributed by atoms with E-state index in [0.29, 0.717) is 11.7 Å². The second-order valence-corrected chi connectivity index (χ2v) is 9.54. The molecule has 31 heavy (non-hydrogen) atoms. The summed E-state index contributed by atoms with van der Waals surface area (Å²) in [6.07, 6.45) is 3.07.